The number of aryl methyl sites for hydroxylation is 1. The molecule has 0 unspecified atom stereocenters. The topological polar surface area (TPSA) is 83.8 Å². The van der Waals surface area contributed by atoms with Gasteiger partial charge in [0.25, 0.3) is 5.91 Å². The first-order valence-electron chi connectivity index (χ1n) is 10.4. The van der Waals surface area contributed by atoms with Crippen molar-refractivity contribution in [3.05, 3.63) is 102 Å². The highest BCUT2D eigenvalue weighted by Crippen LogP contribution is 2.29. The third-order valence-corrected chi connectivity index (χ3v) is 5.38. The van der Waals surface area contributed by atoms with Crippen LogP contribution in [0.1, 0.15) is 21.5 Å². The fourth-order valence-electron chi connectivity index (χ4n) is 3.77. The first-order valence-corrected chi connectivity index (χ1v) is 10.4. The molecular weight excluding hydrogens is 384 g/mol. The molecule has 1 amide bonds. The van der Waals surface area contributed by atoms with E-state index in [2.05, 4.69) is 15.5 Å². The van der Waals surface area contributed by atoms with E-state index in [1.54, 1.807) is 0 Å². The summed E-state index contributed by atoms with van der Waals surface area (Å²) in [5.41, 5.74) is 12.2. The molecule has 4 N–H and O–H groups in total. The van der Waals surface area contributed by atoms with Crippen molar-refractivity contribution in [3.63, 3.8) is 0 Å². The van der Waals surface area contributed by atoms with Gasteiger partial charge in [0.05, 0.1) is 11.4 Å². The minimum Gasteiger partial charge on any atom is -0.348 e. The van der Waals surface area contributed by atoms with Gasteiger partial charge >= 0.3 is 0 Å². The second-order valence-corrected chi connectivity index (χ2v) is 7.63. The molecule has 0 bridgehead atoms. The quantitative estimate of drug-likeness (QED) is 0.423. The Morgan fingerprint density at radius 1 is 1.00 bits per heavy atom. The lowest BCUT2D eigenvalue weighted by Crippen LogP contribution is -2.41. The van der Waals surface area contributed by atoms with Crippen LogP contribution in [0, 0.1) is 6.92 Å². The number of rotatable bonds is 7. The van der Waals surface area contributed by atoms with Crippen LogP contribution in [0.25, 0.3) is 22.5 Å². The Bertz CT molecular complexity index is 1150. The molecule has 4 aromatic rings. The molecule has 4 rings (SSSR count). The van der Waals surface area contributed by atoms with Crippen LogP contribution in [0.15, 0.2) is 84.9 Å². The van der Waals surface area contributed by atoms with Crippen molar-refractivity contribution in [1.29, 1.82) is 0 Å². The molecule has 1 heterocycles. The maximum atomic E-state index is 13.2. The number of hydrogen-bond acceptors (Lipinski definition) is 3. The fourth-order valence-corrected chi connectivity index (χ4v) is 3.77. The number of benzene rings is 3. The molecule has 0 aliphatic heterocycles. The minimum atomic E-state index is -0.151. The van der Waals surface area contributed by atoms with Gasteiger partial charge in [-0.25, -0.2) is 0 Å². The lowest BCUT2D eigenvalue weighted by Gasteiger charge is -2.18. The van der Waals surface area contributed by atoms with Crippen LogP contribution in [0.3, 0.4) is 0 Å². The van der Waals surface area contributed by atoms with E-state index >= 15 is 0 Å². The third-order valence-electron chi connectivity index (χ3n) is 5.38. The second kappa shape index (κ2) is 9.41. The predicted octanol–water partition coefficient (Wildman–Crippen LogP) is 4.35. The van der Waals surface area contributed by atoms with E-state index in [0.717, 1.165) is 33.6 Å². The number of nitrogens with two attached hydrogens (primary N) is 1. The van der Waals surface area contributed by atoms with E-state index < -0.39 is 0 Å². The van der Waals surface area contributed by atoms with Crippen LogP contribution in [0.2, 0.25) is 0 Å². The van der Waals surface area contributed by atoms with Crippen molar-refractivity contribution in [2.75, 3.05) is 6.54 Å². The summed E-state index contributed by atoms with van der Waals surface area (Å²) >= 11 is 0. The van der Waals surface area contributed by atoms with Crippen LogP contribution >= 0.6 is 0 Å². The molecule has 31 heavy (non-hydrogen) atoms. The molecular formula is C26H26N4O. The van der Waals surface area contributed by atoms with Crippen LogP contribution < -0.4 is 11.1 Å². The zero-order valence-electron chi connectivity index (χ0n) is 17.5. The summed E-state index contributed by atoms with van der Waals surface area (Å²) in [5, 5.41) is 10.7. The van der Waals surface area contributed by atoms with Gasteiger partial charge < -0.3 is 11.1 Å². The number of hydrogen-bond donors (Lipinski definition) is 3. The summed E-state index contributed by atoms with van der Waals surface area (Å²) in [6, 6.07) is 27.6. The molecule has 5 heteroatoms. The van der Waals surface area contributed by atoms with E-state index in [1.807, 2.05) is 91.9 Å². The number of H-pyrrole nitrogens is 1. The van der Waals surface area contributed by atoms with Gasteiger partial charge in [-0.05, 0) is 42.2 Å². The largest absolute Gasteiger partial charge is 0.348 e. The highest BCUT2D eigenvalue weighted by molar-refractivity contribution is 6.01. The van der Waals surface area contributed by atoms with Gasteiger partial charge in [-0.15, -0.1) is 0 Å². The molecule has 0 fully saturated rings. The molecule has 5 nitrogen and oxygen atoms in total. The molecule has 0 saturated heterocycles. The number of carbonyl (C=O) groups is 1. The summed E-state index contributed by atoms with van der Waals surface area (Å²) in [7, 11) is 0. The number of aromatic amines is 1. The summed E-state index contributed by atoms with van der Waals surface area (Å²) < 4.78 is 0. The summed E-state index contributed by atoms with van der Waals surface area (Å²) in [4.78, 5) is 13.2. The Balaban J connectivity index is 1.60. The minimum absolute atomic E-state index is 0.144. The monoisotopic (exact) mass is 410 g/mol. The number of amides is 1. The Hall–Kier alpha value is -3.70. The average molecular weight is 411 g/mol. The van der Waals surface area contributed by atoms with E-state index in [9.17, 15) is 4.79 Å². The Kier molecular flexibility index (Phi) is 6.24. The van der Waals surface area contributed by atoms with E-state index in [1.165, 1.54) is 0 Å². The van der Waals surface area contributed by atoms with Crippen molar-refractivity contribution >= 4 is 5.91 Å². The maximum Gasteiger partial charge on any atom is 0.252 e. The van der Waals surface area contributed by atoms with Gasteiger partial charge in [-0.3, -0.25) is 9.89 Å². The predicted molar refractivity (Wildman–Crippen MR) is 125 cm³/mol. The molecule has 0 spiro atoms. The Morgan fingerprint density at radius 2 is 1.71 bits per heavy atom. The number of nitrogens with zero attached hydrogens (tertiary/aromatic N) is 1. The number of aromatic nitrogens is 2. The van der Waals surface area contributed by atoms with Crippen molar-refractivity contribution < 1.29 is 4.79 Å². The Labute approximate surface area is 182 Å². The van der Waals surface area contributed by atoms with Crippen LogP contribution in [0.4, 0.5) is 0 Å². The van der Waals surface area contributed by atoms with Gasteiger partial charge in [0.1, 0.15) is 0 Å². The highest BCUT2D eigenvalue weighted by Gasteiger charge is 2.20. The van der Waals surface area contributed by atoms with Gasteiger partial charge in [0.15, 0.2) is 0 Å². The summed E-state index contributed by atoms with van der Waals surface area (Å²) in [6.07, 6.45) is 0.685. The normalized spacial score (nSPS) is 11.8. The molecule has 1 aromatic heterocycles. The van der Waals surface area contributed by atoms with E-state index in [4.69, 9.17) is 5.73 Å². The van der Waals surface area contributed by atoms with Crippen molar-refractivity contribution in [2.24, 2.45) is 5.73 Å². The standard InChI is InChI=1S/C26H26N4O/c1-18-9-8-14-22(26(31)28-21(17-27)15-19-10-4-2-5-11-19)25(18)24-16-23(29-30-24)20-12-6-3-7-13-20/h2-14,16,21H,15,17,27H2,1H3,(H,28,31)(H,29,30)/t21-/m1/s1. The zero-order chi connectivity index (χ0) is 21.6. The molecule has 156 valence electrons. The lowest BCUT2D eigenvalue weighted by molar-refractivity contribution is 0.0938. The van der Waals surface area contributed by atoms with Gasteiger partial charge in [0, 0.05) is 23.7 Å². The van der Waals surface area contributed by atoms with Crippen molar-refractivity contribution in [1.82, 2.24) is 15.5 Å². The lowest BCUT2D eigenvalue weighted by atomic mass is 9.97. The highest BCUT2D eigenvalue weighted by atomic mass is 16.1. The molecule has 3 aromatic carbocycles. The second-order valence-electron chi connectivity index (χ2n) is 7.63. The third kappa shape index (κ3) is 4.73. The van der Waals surface area contributed by atoms with E-state index in [0.29, 0.717) is 18.5 Å². The SMILES string of the molecule is Cc1cccc(C(=O)N[C@@H](CN)Cc2ccccc2)c1-c1cc(-c2ccccc2)[nH]n1. The molecule has 0 radical (unpaired) electrons. The van der Waals surface area contributed by atoms with Crippen molar-refractivity contribution in [3.8, 4) is 22.5 Å². The maximum absolute atomic E-state index is 13.2. The zero-order valence-corrected chi connectivity index (χ0v) is 17.5. The van der Waals surface area contributed by atoms with E-state index in [-0.39, 0.29) is 11.9 Å². The fraction of sp³-hybridized carbons (Fsp3) is 0.154. The smallest absolute Gasteiger partial charge is 0.252 e. The van der Waals surface area contributed by atoms with Crippen LogP contribution in [0.5, 0.6) is 0 Å². The number of carbonyl (C=O) groups excluding carboxylic acids is 1. The summed E-state index contributed by atoms with van der Waals surface area (Å²) in [6.45, 7) is 2.36. The van der Waals surface area contributed by atoms with Crippen molar-refractivity contribution in [2.45, 2.75) is 19.4 Å². The van der Waals surface area contributed by atoms with Crippen LogP contribution in [-0.2, 0) is 6.42 Å². The summed E-state index contributed by atoms with van der Waals surface area (Å²) in [5.74, 6) is -0.144. The first-order chi connectivity index (χ1) is 15.2. The molecule has 0 aliphatic carbocycles. The Morgan fingerprint density at radius 3 is 2.42 bits per heavy atom. The molecule has 0 saturated carbocycles. The molecule has 0 aliphatic rings. The van der Waals surface area contributed by atoms with Gasteiger partial charge in [0.2, 0.25) is 0 Å². The first kappa shape index (κ1) is 20.6. The van der Waals surface area contributed by atoms with Gasteiger partial charge in [-0.2, -0.15) is 5.10 Å². The number of nitrogens with one attached hydrogen (secondary N) is 2. The van der Waals surface area contributed by atoms with Crippen LogP contribution in [-0.4, -0.2) is 28.7 Å². The molecule has 1 atom stereocenters. The average Bonchev–Trinajstić information content (AvgIpc) is 3.29. The van der Waals surface area contributed by atoms with Gasteiger partial charge in [-0.1, -0.05) is 72.8 Å².